The van der Waals surface area contributed by atoms with Gasteiger partial charge in [0.25, 0.3) is 5.91 Å². The first-order valence-electron chi connectivity index (χ1n) is 16.0. The second-order valence-corrected chi connectivity index (χ2v) is 12.8. The van der Waals surface area contributed by atoms with Crippen molar-refractivity contribution in [1.29, 1.82) is 0 Å². The van der Waals surface area contributed by atoms with Gasteiger partial charge in [-0.3, -0.25) is 14.3 Å². The van der Waals surface area contributed by atoms with Gasteiger partial charge in [0.1, 0.15) is 5.75 Å². The monoisotopic (exact) mass is 678 g/mol. The molecule has 3 N–H and O–H groups in total. The average molecular weight is 679 g/mol. The SMILES string of the molecule is O=C(O[C@H](Cc1cc(Cl)c(O)c(C(F)(F)F)c1)C(=O)N1CCN(C2CCNCC2)CC1)N1CCC(n2c(=O)[nH]c3ccccc32)CC1. The number of para-hydroxylation sites is 2. The number of likely N-dealkylation sites (tertiary alicyclic amines) is 1. The highest BCUT2D eigenvalue weighted by atomic mass is 35.5. The number of rotatable bonds is 6. The Morgan fingerprint density at radius 3 is 2.32 bits per heavy atom. The lowest BCUT2D eigenvalue weighted by Gasteiger charge is -2.41. The molecule has 3 aromatic rings. The first-order chi connectivity index (χ1) is 22.5. The molecule has 254 valence electrons. The number of piperidine rings is 2. The maximum atomic E-state index is 13.9. The van der Waals surface area contributed by atoms with Crippen LogP contribution in [0.25, 0.3) is 11.0 Å². The predicted molar refractivity (Wildman–Crippen MR) is 169 cm³/mol. The van der Waals surface area contributed by atoms with Crippen LogP contribution in [-0.2, 0) is 22.1 Å². The number of nitrogens with one attached hydrogen (secondary N) is 2. The quantitative estimate of drug-likeness (QED) is 0.361. The number of aromatic nitrogens is 2. The van der Waals surface area contributed by atoms with Crippen LogP contribution >= 0.6 is 11.6 Å². The summed E-state index contributed by atoms with van der Waals surface area (Å²) in [4.78, 5) is 48.3. The molecule has 0 radical (unpaired) electrons. The summed E-state index contributed by atoms with van der Waals surface area (Å²) in [6.07, 6.45) is -4.45. The van der Waals surface area contributed by atoms with Gasteiger partial charge in [-0.2, -0.15) is 13.2 Å². The minimum Gasteiger partial charge on any atom is -0.506 e. The number of alkyl halides is 3. The average Bonchev–Trinajstić information content (AvgIpc) is 3.41. The van der Waals surface area contributed by atoms with Crippen LogP contribution in [0.3, 0.4) is 0 Å². The number of aromatic hydroxyl groups is 1. The zero-order valence-electron chi connectivity index (χ0n) is 25.8. The normalized spacial score (nSPS) is 19.7. The van der Waals surface area contributed by atoms with Crippen molar-refractivity contribution < 1.29 is 32.6 Å². The second-order valence-electron chi connectivity index (χ2n) is 12.4. The van der Waals surface area contributed by atoms with Crippen molar-refractivity contribution in [2.24, 2.45) is 0 Å². The van der Waals surface area contributed by atoms with Crippen LogP contribution in [0.2, 0.25) is 5.02 Å². The number of aromatic amines is 1. The molecule has 0 aliphatic carbocycles. The van der Waals surface area contributed by atoms with Gasteiger partial charge in [0.05, 0.1) is 21.6 Å². The van der Waals surface area contributed by atoms with Crippen molar-refractivity contribution in [2.45, 2.75) is 56.5 Å². The number of hydrogen-bond donors (Lipinski definition) is 3. The van der Waals surface area contributed by atoms with E-state index in [9.17, 15) is 32.7 Å². The van der Waals surface area contributed by atoms with E-state index >= 15 is 0 Å². The van der Waals surface area contributed by atoms with Gasteiger partial charge in [-0.25, -0.2) is 9.59 Å². The van der Waals surface area contributed by atoms with Crippen molar-refractivity contribution >= 4 is 34.6 Å². The van der Waals surface area contributed by atoms with E-state index in [0.717, 1.165) is 49.1 Å². The van der Waals surface area contributed by atoms with Crippen molar-refractivity contribution in [3.63, 3.8) is 0 Å². The van der Waals surface area contributed by atoms with E-state index in [4.69, 9.17) is 16.3 Å². The molecule has 6 rings (SSSR count). The van der Waals surface area contributed by atoms with E-state index in [1.807, 2.05) is 24.3 Å². The molecule has 15 heteroatoms. The van der Waals surface area contributed by atoms with Crippen LogP contribution in [0.15, 0.2) is 41.2 Å². The minimum absolute atomic E-state index is 0.00274. The molecule has 3 fully saturated rings. The number of phenolic OH excluding ortho intramolecular Hbond substituents is 1. The Labute approximate surface area is 274 Å². The minimum atomic E-state index is -4.89. The number of fused-ring (bicyclic) bond motifs is 1. The van der Waals surface area contributed by atoms with Crippen LogP contribution in [0.5, 0.6) is 5.75 Å². The number of hydrogen-bond acceptors (Lipinski definition) is 7. The lowest BCUT2D eigenvalue weighted by atomic mass is 10.0. The molecule has 1 atom stereocenters. The summed E-state index contributed by atoms with van der Waals surface area (Å²) in [6.45, 7) is 4.46. The summed E-state index contributed by atoms with van der Waals surface area (Å²) in [5, 5.41) is 12.8. The van der Waals surface area contributed by atoms with Gasteiger partial charge in [0.2, 0.25) is 0 Å². The van der Waals surface area contributed by atoms with E-state index in [0.29, 0.717) is 45.1 Å². The fourth-order valence-corrected chi connectivity index (χ4v) is 7.25. The fraction of sp³-hybridized carbons (Fsp3) is 0.531. The number of imidazole rings is 1. The van der Waals surface area contributed by atoms with Gasteiger partial charge >= 0.3 is 18.0 Å². The smallest absolute Gasteiger partial charge is 0.420 e. The van der Waals surface area contributed by atoms with Crippen molar-refractivity contribution in [3.8, 4) is 5.75 Å². The Bertz CT molecular complexity index is 1660. The Kier molecular flexibility index (Phi) is 9.72. The largest absolute Gasteiger partial charge is 0.506 e. The van der Waals surface area contributed by atoms with E-state index in [-0.39, 0.29) is 36.8 Å². The predicted octanol–water partition coefficient (Wildman–Crippen LogP) is 3.99. The van der Waals surface area contributed by atoms with Crippen LogP contribution in [0, 0.1) is 0 Å². The third-order valence-electron chi connectivity index (χ3n) is 9.53. The fourth-order valence-electron chi connectivity index (χ4n) is 7.01. The number of H-pyrrole nitrogens is 1. The third-order valence-corrected chi connectivity index (χ3v) is 9.82. The number of halogens is 4. The molecule has 47 heavy (non-hydrogen) atoms. The highest BCUT2D eigenvalue weighted by Crippen LogP contribution is 2.40. The number of ether oxygens (including phenoxy) is 1. The molecular weight excluding hydrogens is 641 g/mol. The lowest BCUT2D eigenvalue weighted by Crippen LogP contribution is -2.56. The summed E-state index contributed by atoms with van der Waals surface area (Å²) in [6, 6.07) is 9.51. The number of piperazine rings is 1. The van der Waals surface area contributed by atoms with Crippen LogP contribution in [-0.4, -0.2) is 106 Å². The molecule has 0 spiro atoms. The molecule has 0 unspecified atom stereocenters. The molecule has 3 saturated heterocycles. The van der Waals surface area contributed by atoms with E-state index in [1.54, 1.807) is 9.47 Å². The number of phenols is 1. The maximum absolute atomic E-state index is 13.9. The van der Waals surface area contributed by atoms with Gasteiger partial charge in [-0.15, -0.1) is 0 Å². The van der Waals surface area contributed by atoms with Crippen LogP contribution in [0.4, 0.5) is 18.0 Å². The Balaban J connectivity index is 1.16. The molecule has 11 nitrogen and oxygen atoms in total. The highest BCUT2D eigenvalue weighted by Gasteiger charge is 2.38. The Hall–Kier alpha value is -3.75. The van der Waals surface area contributed by atoms with Crippen molar-refractivity contribution in [3.05, 3.63) is 63.0 Å². The first kappa shape index (κ1) is 33.2. The summed E-state index contributed by atoms with van der Waals surface area (Å²) < 4.78 is 48.5. The first-order valence-corrected chi connectivity index (χ1v) is 16.3. The standard InChI is InChI=1S/C32H38ClF3N6O5/c33-24-18-20(17-23(28(24)43)32(34,35)36)19-27(29(44)40-15-13-39(14-16-40)21-5-9-37-10-6-21)47-31(46)41-11-7-22(8-12-41)42-26-4-2-1-3-25(26)38-30(42)45/h1-4,17-18,21-22,27,37,43H,5-16,19H2,(H,38,45)/t27-/m1/s1. The van der Waals surface area contributed by atoms with Crippen LogP contribution in [0.1, 0.15) is 42.9 Å². The second kappa shape index (κ2) is 13.8. The van der Waals surface area contributed by atoms with Gasteiger partial charge in [0.15, 0.2) is 6.10 Å². The number of carbonyl (C=O) groups is 2. The summed E-state index contributed by atoms with van der Waals surface area (Å²) in [7, 11) is 0. The lowest BCUT2D eigenvalue weighted by molar-refractivity contribution is -0.143. The summed E-state index contributed by atoms with van der Waals surface area (Å²) >= 11 is 5.96. The van der Waals surface area contributed by atoms with E-state index in [2.05, 4.69) is 15.2 Å². The third kappa shape index (κ3) is 7.24. The van der Waals surface area contributed by atoms with Crippen molar-refractivity contribution in [2.75, 3.05) is 52.4 Å². The van der Waals surface area contributed by atoms with Gasteiger partial charge in [-0.1, -0.05) is 23.7 Å². The number of benzene rings is 2. The molecule has 0 bridgehead atoms. The maximum Gasteiger partial charge on any atom is 0.420 e. The van der Waals surface area contributed by atoms with Gasteiger partial charge in [0, 0.05) is 57.8 Å². The highest BCUT2D eigenvalue weighted by molar-refractivity contribution is 6.32. The summed E-state index contributed by atoms with van der Waals surface area (Å²) in [5.74, 6) is -1.60. The number of nitrogens with zero attached hydrogens (tertiary/aromatic N) is 4. The van der Waals surface area contributed by atoms with E-state index in [1.165, 1.54) is 4.90 Å². The molecule has 1 aromatic heterocycles. The Morgan fingerprint density at radius 2 is 1.64 bits per heavy atom. The van der Waals surface area contributed by atoms with Gasteiger partial charge in [-0.05, 0) is 68.6 Å². The molecule has 4 heterocycles. The molecular formula is C32H38ClF3N6O5. The summed E-state index contributed by atoms with van der Waals surface area (Å²) in [5.41, 5.74) is -0.0702. The van der Waals surface area contributed by atoms with Crippen LogP contribution < -0.4 is 11.0 Å². The number of amides is 2. The molecule has 2 aromatic carbocycles. The Morgan fingerprint density at radius 1 is 0.957 bits per heavy atom. The topological polar surface area (TPSA) is 123 Å². The molecule has 3 aliphatic heterocycles. The van der Waals surface area contributed by atoms with Crippen molar-refractivity contribution in [1.82, 2.24) is 29.6 Å². The zero-order valence-corrected chi connectivity index (χ0v) is 26.5. The van der Waals surface area contributed by atoms with E-state index < -0.39 is 40.6 Å². The molecule has 2 amide bonds. The number of carbonyl (C=O) groups excluding carboxylic acids is 2. The zero-order chi connectivity index (χ0) is 33.3. The molecule has 3 aliphatic rings. The van der Waals surface area contributed by atoms with Gasteiger partial charge < -0.3 is 29.9 Å². The molecule has 0 saturated carbocycles.